The summed E-state index contributed by atoms with van der Waals surface area (Å²) in [7, 11) is 0. The smallest absolute Gasteiger partial charge is 0.258 e. The Morgan fingerprint density at radius 2 is 2.06 bits per heavy atom. The average Bonchev–Trinajstić information content (AvgIpc) is 2.87. The number of amides is 1. The Kier molecular flexibility index (Phi) is 3.20. The number of carbonyl (C=O) groups is 1. The second kappa shape index (κ2) is 4.80. The topological polar surface area (TPSA) is 72.9 Å². The molecular weight excluding hydrogens is 216 g/mol. The molecule has 0 saturated heterocycles. The van der Waals surface area contributed by atoms with Crippen molar-refractivity contribution in [3.8, 4) is 11.1 Å². The summed E-state index contributed by atoms with van der Waals surface area (Å²) in [5, 5.41) is 4.16. The fourth-order valence-electron chi connectivity index (χ4n) is 1.57. The van der Waals surface area contributed by atoms with Gasteiger partial charge in [-0.05, 0) is 12.5 Å². The molecule has 17 heavy (non-hydrogen) atoms. The molecule has 2 aromatic rings. The minimum absolute atomic E-state index is 0.271. The van der Waals surface area contributed by atoms with Crippen LogP contribution in [0.5, 0.6) is 0 Å². The molecule has 0 aliphatic heterocycles. The van der Waals surface area contributed by atoms with E-state index in [2.05, 4.69) is 10.5 Å². The minimum atomic E-state index is -0.419. The Morgan fingerprint density at radius 3 is 2.71 bits per heavy atom. The lowest BCUT2D eigenvalue weighted by Gasteiger charge is -2.09. The highest BCUT2D eigenvalue weighted by Crippen LogP contribution is 2.19. The lowest BCUT2D eigenvalue weighted by atomic mass is 10.1. The Balaban J connectivity index is 2.25. The number of nitrogens with two attached hydrogens (primary N) is 1. The van der Waals surface area contributed by atoms with E-state index < -0.39 is 6.04 Å². The highest BCUT2D eigenvalue weighted by molar-refractivity contribution is 5.79. The molecule has 0 spiro atoms. The first-order valence-electron chi connectivity index (χ1n) is 5.32. The van der Waals surface area contributed by atoms with Crippen LogP contribution in [-0.2, 0) is 4.79 Å². The van der Waals surface area contributed by atoms with Crippen LogP contribution in [0.25, 0.3) is 11.1 Å². The molecule has 1 amide bonds. The number of hydrogen-bond acceptors (Lipinski definition) is 3. The van der Waals surface area contributed by atoms with Crippen LogP contribution in [0, 0.1) is 0 Å². The summed E-state index contributed by atoms with van der Waals surface area (Å²) in [6.45, 7) is 1.74. The molecule has 0 fully saturated rings. The van der Waals surface area contributed by atoms with Crippen LogP contribution in [0.3, 0.4) is 0 Å². The third-order valence-electron chi connectivity index (χ3n) is 2.63. The maximum atomic E-state index is 11.4. The van der Waals surface area contributed by atoms with Gasteiger partial charge in [0.05, 0.1) is 6.20 Å². The predicted octanol–water partition coefficient (Wildman–Crippen LogP) is 1.10. The molecule has 5 nitrogen and oxygen atoms in total. The molecule has 0 aliphatic carbocycles. The van der Waals surface area contributed by atoms with E-state index in [0.29, 0.717) is 0 Å². The van der Waals surface area contributed by atoms with Gasteiger partial charge in [-0.15, -0.1) is 0 Å². The SMILES string of the molecule is CC(C(=O)NN)n1cc(-c2ccccc2)cn1. The van der Waals surface area contributed by atoms with Crippen molar-refractivity contribution in [2.45, 2.75) is 13.0 Å². The van der Waals surface area contributed by atoms with Crippen molar-refractivity contribution in [3.05, 3.63) is 42.7 Å². The number of nitrogens with zero attached hydrogens (tertiary/aromatic N) is 2. The highest BCUT2D eigenvalue weighted by atomic mass is 16.2. The van der Waals surface area contributed by atoms with Gasteiger partial charge in [0.25, 0.3) is 5.91 Å². The van der Waals surface area contributed by atoms with E-state index in [1.165, 1.54) is 0 Å². The van der Waals surface area contributed by atoms with Gasteiger partial charge in [0.15, 0.2) is 0 Å². The van der Waals surface area contributed by atoms with Crippen LogP contribution in [0.1, 0.15) is 13.0 Å². The number of aromatic nitrogens is 2. The van der Waals surface area contributed by atoms with Gasteiger partial charge in [-0.1, -0.05) is 30.3 Å². The summed E-state index contributed by atoms with van der Waals surface area (Å²) >= 11 is 0. The number of hydrogen-bond donors (Lipinski definition) is 2. The standard InChI is InChI=1S/C12H14N4O/c1-9(12(17)15-13)16-8-11(7-14-16)10-5-3-2-4-6-10/h2-9H,13H2,1H3,(H,15,17). The van der Waals surface area contributed by atoms with E-state index in [0.717, 1.165) is 11.1 Å². The molecule has 88 valence electrons. The van der Waals surface area contributed by atoms with Crippen LogP contribution in [0.2, 0.25) is 0 Å². The van der Waals surface area contributed by atoms with Crippen molar-refractivity contribution in [1.82, 2.24) is 15.2 Å². The van der Waals surface area contributed by atoms with Crippen molar-refractivity contribution in [3.63, 3.8) is 0 Å². The zero-order valence-electron chi connectivity index (χ0n) is 9.50. The summed E-state index contributed by atoms with van der Waals surface area (Å²) in [6.07, 6.45) is 3.56. The summed E-state index contributed by atoms with van der Waals surface area (Å²) in [6, 6.07) is 9.45. The summed E-state index contributed by atoms with van der Waals surface area (Å²) < 4.78 is 1.59. The first-order chi connectivity index (χ1) is 8.22. The maximum Gasteiger partial charge on any atom is 0.258 e. The van der Waals surface area contributed by atoms with Gasteiger partial charge in [0.1, 0.15) is 6.04 Å². The van der Waals surface area contributed by atoms with Crippen LogP contribution in [0.4, 0.5) is 0 Å². The highest BCUT2D eigenvalue weighted by Gasteiger charge is 2.14. The first kappa shape index (κ1) is 11.3. The van der Waals surface area contributed by atoms with Gasteiger partial charge in [0.2, 0.25) is 0 Å². The van der Waals surface area contributed by atoms with Crippen molar-refractivity contribution >= 4 is 5.91 Å². The minimum Gasteiger partial charge on any atom is -0.292 e. The molecule has 0 aliphatic rings. The van der Waals surface area contributed by atoms with Gasteiger partial charge < -0.3 is 0 Å². The van der Waals surface area contributed by atoms with Crippen LogP contribution < -0.4 is 11.3 Å². The Labute approximate surface area is 99.2 Å². The molecule has 1 heterocycles. The van der Waals surface area contributed by atoms with Crippen LogP contribution in [-0.4, -0.2) is 15.7 Å². The zero-order valence-corrected chi connectivity index (χ0v) is 9.50. The molecule has 5 heteroatoms. The average molecular weight is 230 g/mol. The van der Waals surface area contributed by atoms with Crippen molar-refractivity contribution < 1.29 is 4.79 Å². The molecule has 0 saturated carbocycles. The summed E-state index contributed by atoms with van der Waals surface area (Å²) in [5.74, 6) is 4.82. The number of rotatable bonds is 3. The third kappa shape index (κ3) is 2.34. The number of benzene rings is 1. The van der Waals surface area contributed by atoms with Gasteiger partial charge in [-0.25, -0.2) is 5.84 Å². The Bertz CT molecular complexity index is 506. The maximum absolute atomic E-state index is 11.4. The Hall–Kier alpha value is -2.14. The van der Waals surface area contributed by atoms with E-state index in [9.17, 15) is 4.79 Å². The van der Waals surface area contributed by atoms with Gasteiger partial charge in [-0.2, -0.15) is 5.10 Å². The van der Waals surface area contributed by atoms with Gasteiger partial charge in [-0.3, -0.25) is 14.9 Å². The van der Waals surface area contributed by atoms with E-state index in [1.807, 2.05) is 36.5 Å². The number of hydrazine groups is 1. The van der Waals surface area contributed by atoms with Crippen molar-refractivity contribution in [2.75, 3.05) is 0 Å². The summed E-state index contributed by atoms with van der Waals surface area (Å²) in [5.41, 5.74) is 4.16. The van der Waals surface area contributed by atoms with Crippen molar-refractivity contribution in [1.29, 1.82) is 0 Å². The molecule has 1 aromatic carbocycles. The predicted molar refractivity (Wildman–Crippen MR) is 64.7 cm³/mol. The molecular formula is C12H14N4O. The molecule has 1 aromatic heterocycles. The van der Waals surface area contributed by atoms with Gasteiger partial charge in [0, 0.05) is 11.8 Å². The van der Waals surface area contributed by atoms with E-state index >= 15 is 0 Å². The van der Waals surface area contributed by atoms with E-state index in [1.54, 1.807) is 17.8 Å². The number of nitrogens with one attached hydrogen (secondary N) is 1. The normalized spacial score (nSPS) is 12.1. The first-order valence-corrected chi connectivity index (χ1v) is 5.32. The summed E-state index contributed by atoms with van der Waals surface area (Å²) in [4.78, 5) is 11.4. The van der Waals surface area contributed by atoms with Gasteiger partial charge >= 0.3 is 0 Å². The fraction of sp³-hybridized carbons (Fsp3) is 0.167. The monoisotopic (exact) mass is 230 g/mol. The fourth-order valence-corrected chi connectivity index (χ4v) is 1.57. The van der Waals surface area contributed by atoms with E-state index in [-0.39, 0.29) is 5.91 Å². The lowest BCUT2D eigenvalue weighted by molar-refractivity contribution is -0.124. The zero-order chi connectivity index (χ0) is 12.3. The van der Waals surface area contributed by atoms with E-state index in [4.69, 9.17) is 5.84 Å². The largest absolute Gasteiger partial charge is 0.292 e. The van der Waals surface area contributed by atoms with Crippen LogP contribution in [0.15, 0.2) is 42.7 Å². The lowest BCUT2D eigenvalue weighted by Crippen LogP contribution is -2.36. The molecule has 1 unspecified atom stereocenters. The second-order valence-electron chi connectivity index (χ2n) is 3.76. The molecule has 3 N–H and O–H groups in total. The third-order valence-corrected chi connectivity index (χ3v) is 2.63. The quantitative estimate of drug-likeness (QED) is 0.471. The second-order valence-corrected chi connectivity index (χ2v) is 3.76. The van der Waals surface area contributed by atoms with Crippen molar-refractivity contribution in [2.24, 2.45) is 5.84 Å². The number of carbonyl (C=O) groups excluding carboxylic acids is 1. The molecule has 2 rings (SSSR count). The Morgan fingerprint density at radius 1 is 1.35 bits per heavy atom. The molecule has 1 atom stereocenters. The van der Waals surface area contributed by atoms with Crippen LogP contribution >= 0.6 is 0 Å². The molecule has 0 radical (unpaired) electrons. The molecule has 0 bridgehead atoms.